The molecule has 1 aliphatic rings. The molecular formula is C16H15BrN2O2. The van der Waals surface area contributed by atoms with E-state index in [0.29, 0.717) is 0 Å². The zero-order chi connectivity index (χ0) is 15.2. The largest absolute Gasteiger partial charge is 0.278 e. The van der Waals surface area contributed by atoms with E-state index in [4.69, 9.17) is 0 Å². The lowest BCUT2D eigenvalue weighted by atomic mass is 9.92. The summed E-state index contributed by atoms with van der Waals surface area (Å²) in [6, 6.07) is 7.67. The number of pyridine rings is 1. The first-order valence-electron chi connectivity index (χ1n) is 6.77. The van der Waals surface area contributed by atoms with Gasteiger partial charge in [-0.15, -0.1) is 0 Å². The molecule has 1 aromatic heterocycles. The van der Waals surface area contributed by atoms with Crippen LogP contribution in [0, 0.1) is 5.41 Å². The Hall–Kier alpha value is -1.75. The zero-order valence-corrected chi connectivity index (χ0v) is 13.5. The van der Waals surface area contributed by atoms with E-state index in [0.717, 1.165) is 20.9 Å². The fraction of sp³-hybridized carbons (Fsp3) is 0.312. The van der Waals surface area contributed by atoms with Crippen LogP contribution in [0.1, 0.15) is 25.8 Å². The molecule has 0 aliphatic carbocycles. The van der Waals surface area contributed by atoms with Gasteiger partial charge in [0.15, 0.2) is 0 Å². The third-order valence-corrected chi connectivity index (χ3v) is 4.54. The molecule has 0 unspecified atom stereocenters. The van der Waals surface area contributed by atoms with Crippen molar-refractivity contribution in [2.24, 2.45) is 5.41 Å². The van der Waals surface area contributed by atoms with Crippen LogP contribution in [-0.2, 0) is 16.1 Å². The number of amides is 2. The van der Waals surface area contributed by atoms with E-state index >= 15 is 0 Å². The Morgan fingerprint density at radius 3 is 2.71 bits per heavy atom. The SMILES string of the molecule is CC1(C)CC(=O)N(Cc2ccc(Br)c3cccnc23)C1=O. The summed E-state index contributed by atoms with van der Waals surface area (Å²) in [4.78, 5) is 30.1. The van der Waals surface area contributed by atoms with Crippen LogP contribution in [0.2, 0.25) is 0 Å². The summed E-state index contributed by atoms with van der Waals surface area (Å²) < 4.78 is 0.953. The minimum atomic E-state index is -0.602. The van der Waals surface area contributed by atoms with Crippen molar-refractivity contribution in [3.63, 3.8) is 0 Å². The third kappa shape index (κ3) is 2.35. The molecule has 1 fully saturated rings. The van der Waals surface area contributed by atoms with E-state index in [9.17, 15) is 9.59 Å². The minimum absolute atomic E-state index is 0.112. The highest BCUT2D eigenvalue weighted by Gasteiger charge is 2.44. The molecule has 1 aromatic carbocycles. The first-order chi connectivity index (χ1) is 9.90. The molecule has 2 heterocycles. The fourth-order valence-corrected chi connectivity index (χ4v) is 3.13. The van der Waals surface area contributed by atoms with Gasteiger partial charge in [-0.3, -0.25) is 19.5 Å². The molecule has 1 aliphatic heterocycles. The molecule has 0 saturated carbocycles. The van der Waals surface area contributed by atoms with Crippen molar-refractivity contribution in [1.29, 1.82) is 0 Å². The van der Waals surface area contributed by atoms with Gasteiger partial charge in [0.2, 0.25) is 11.8 Å². The van der Waals surface area contributed by atoms with Crippen LogP contribution in [-0.4, -0.2) is 21.7 Å². The standard InChI is InChI=1S/C16H15BrN2O2/c1-16(2)8-13(20)19(15(16)21)9-10-5-6-12(17)11-4-3-7-18-14(10)11/h3-7H,8-9H2,1-2H3. The van der Waals surface area contributed by atoms with Crippen molar-refractivity contribution in [1.82, 2.24) is 9.88 Å². The summed E-state index contributed by atoms with van der Waals surface area (Å²) in [6.45, 7) is 3.90. The number of nitrogens with zero attached hydrogens (tertiary/aromatic N) is 2. The fourth-order valence-electron chi connectivity index (χ4n) is 2.68. The zero-order valence-electron chi connectivity index (χ0n) is 11.9. The average Bonchev–Trinajstić information content (AvgIpc) is 2.64. The van der Waals surface area contributed by atoms with Crippen LogP contribution in [0.5, 0.6) is 0 Å². The number of carbonyl (C=O) groups is 2. The molecule has 108 valence electrons. The van der Waals surface area contributed by atoms with Crippen molar-refractivity contribution in [3.8, 4) is 0 Å². The number of imide groups is 1. The van der Waals surface area contributed by atoms with E-state index in [2.05, 4.69) is 20.9 Å². The van der Waals surface area contributed by atoms with Crippen molar-refractivity contribution in [3.05, 3.63) is 40.5 Å². The predicted molar refractivity (Wildman–Crippen MR) is 83.4 cm³/mol. The number of rotatable bonds is 2. The molecule has 4 nitrogen and oxygen atoms in total. The van der Waals surface area contributed by atoms with Gasteiger partial charge in [0.05, 0.1) is 17.5 Å². The van der Waals surface area contributed by atoms with E-state index in [-0.39, 0.29) is 24.8 Å². The van der Waals surface area contributed by atoms with Gasteiger partial charge in [-0.1, -0.05) is 41.9 Å². The number of hydrogen-bond acceptors (Lipinski definition) is 3. The molecule has 2 aromatic rings. The summed E-state index contributed by atoms with van der Waals surface area (Å²) >= 11 is 3.50. The van der Waals surface area contributed by atoms with Crippen molar-refractivity contribution in [2.45, 2.75) is 26.8 Å². The lowest BCUT2D eigenvalue weighted by molar-refractivity contribution is -0.141. The lowest BCUT2D eigenvalue weighted by Crippen LogP contribution is -2.32. The molecule has 0 bridgehead atoms. The summed E-state index contributed by atoms with van der Waals surface area (Å²) in [5.74, 6) is -0.225. The Bertz CT molecular complexity index is 755. The average molecular weight is 347 g/mol. The number of halogens is 1. The molecule has 0 atom stereocenters. The first kappa shape index (κ1) is 14.2. The summed E-state index contributed by atoms with van der Waals surface area (Å²) in [6.07, 6.45) is 1.99. The van der Waals surface area contributed by atoms with Gasteiger partial charge in [0.25, 0.3) is 0 Å². The van der Waals surface area contributed by atoms with Crippen LogP contribution < -0.4 is 0 Å². The number of carbonyl (C=O) groups excluding carboxylic acids is 2. The van der Waals surface area contributed by atoms with Crippen LogP contribution >= 0.6 is 15.9 Å². The molecule has 0 N–H and O–H groups in total. The van der Waals surface area contributed by atoms with Gasteiger partial charge in [-0.25, -0.2) is 0 Å². The molecular weight excluding hydrogens is 332 g/mol. The smallest absolute Gasteiger partial charge is 0.235 e. The number of fused-ring (bicyclic) bond motifs is 1. The first-order valence-corrected chi connectivity index (χ1v) is 7.56. The molecule has 3 rings (SSSR count). The second kappa shape index (κ2) is 4.91. The highest BCUT2D eigenvalue weighted by molar-refractivity contribution is 9.10. The van der Waals surface area contributed by atoms with Gasteiger partial charge in [-0.2, -0.15) is 0 Å². The van der Waals surface area contributed by atoms with Gasteiger partial charge in [0.1, 0.15) is 0 Å². The summed E-state index contributed by atoms with van der Waals surface area (Å²) in [5, 5.41) is 0.980. The quantitative estimate of drug-likeness (QED) is 0.784. The summed E-state index contributed by atoms with van der Waals surface area (Å²) in [5.41, 5.74) is 1.10. The minimum Gasteiger partial charge on any atom is -0.278 e. The maximum atomic E-state index is 12.3. The van der Waals surface area contributed by atoms with E-state index in [1.54, 1.807) is 6.20 Å². The van der Waals surface area contributed by atoms with E-state index in [1.165, 1.54) is 4.90 Å². The van der Waals surface area contributed by atoms with Gasteiger partial charge >= 0.3 is 0 Å². The maximum Gasteiger partial charge on any atom is 0.235 e. The molecule has 1 saturated heterocycles. The van der Waals surface area contributed by atoms with Crippen LogP contribution in [0.4, 0.5) is 0 Å². The highest BCUT2D eigenvalue weighted by atomic mass is 79.9. The maximum absolute atomic E-state index is 12.3. The Morgan fingerprint density at radius 2 is 2.05 bits per heavy atom. The molecule has 0 spiro atoms. The van der Waals surface area contributed by atoms with E-state index < -0.39 is 5.41 Å². The molecule has 21 heavy (non-hydrogen) atoms. The van der Waals surface area contributed by atoms with Crippen molar-refractivity contribution >= 4 is 38.6 Å². The lowest BCUT2D eigenvalue weighted by Gasteiger charge is -2.18. The van der Waals surface area contributed by atoms with Crippen LogP contribution in [0.25, 0.3) is 10.9 Å². The van der Waals surface area contributed by atoms with E-state index in [1.807, 2.05) is 38.1 Å². The predicted octanol–water partition coefficient (Wildman–Crippen LogP) is 3.28. The normalized spacial score (nSPS) is 17.8. The Balaban J connectivity index is 2.02. The number of likely N-dealkylation sites (tertiary alicyclic amines) is 1. The Morgan fingerprint density at radius 1 is 1.29 bits per heavy atom. The Kier molecular flexibility index (Phi) is 3.32. The van der Waals surface area contributed by atoms with Gasteiger partial charge in [0, 0.05) is 22.5 Å². The van der Waals surface area contributed by atoms with Crippen LogP contribution in [0.15, 0.2) is 34.9 Å². The second-order valence-corrected chi connectivity index (χ2v) is 6.81. The summed E-state index contributed by atoms with van der Waals surface area (Å²) in [7, 11) is 0. The molecule has 5 heteroatoms. The number of hydrogen-bond donors (Lipinski definition) is 0. The van der Waals surface area contributed by atoms with Crippen molar-refractivity contribution < 1.29 is 9.59 Å². The Labute approximate surface area is 131 Å². The van der Waals surface area contributed by atoms with Crippen LogP contribution in [0.3, 0.4) is 0 Å². The van der Waals surface area contributed by atoms with Gasteiger partial charge in [-0.05, 0) is 17.7 Å². The molecule has 2 amide bonds. The topological polar surface area (TPSA) is 50.3 Å². The van der Waals surface area contributed by atoms with Crippen molar-refractivity contribution in [2.75, 3.05) is 0 Å². The monoisotopic (exact) mass is 346 g/mol. The second-order valence-electron chi connectivity index (χ2n) is 5.95. The third-order valence-electron chi connectivity index (χ3n) is 3.85. The molecule has 0 radical (unpaired) electrons. The number of benzene rings is 1. The highest BCUT2D eigenvalue weighted by Crippen LogP contribution is 2.34. The van der Waals surface area contributed by atoms with Gasteiger partial charge < -0.3 is 0 Å². The number of aromatic nitrogens is 1.